The molecule has 0 unspecified atom stereocenters. The maximum atomic E-state index is 5.54. The number of nitrogens with zero attached hydrogens (tertiary/aromatic N) is 2. The Labute approximate surface area is 93.0 Å². The van der Waals surface area contributed by atoms with Crippen molar-refractivity contribution in [1.82, 2.24) is 9.97 Å². The molecule has 0 aliphatic heterocycles. The summed E-state index contributed by atoms with van der Waals surface area (Å²) in [6.07, 6.45) is 2.78. The molecule has 0 amide bonds. The topological polar surface area (TPSA) is 51.8 Å². The Balaban J connectivity index is 2.44. The lowest BCUT2D eigenvalue weighted by Gasteiger charge is -2.01. The third-order valence-electron chi connectivity index (χ3n) is 2.24. The molecule has 0 atom stereocenters. The van der Waals surface area contributed by atoms with E-state index in [1.807, 2.05) is 11.4 Å². The monoisotopic (exact) mass is 219 g/mol. The van der Waals surface area contributed by atoms with Gasteiger partial charge in [0.25, 0.3) is 0 Å². The molecule has 0 fully saturated rings. The molecule has 78 valence electrons. The predicted molar refractivity (Wildman–Crippen MR) is 62.6 cm³/mol. The zero-order valence-electron chi connectivity index (χ0n) is 8.60. The average molecular weight is 219 g/mol. The summed E-state index contributed by atoms with van der Waals surface area (Å²) in [7, 11) is 0. The highest BCUT2D eigenvalue weighted by Crippen LogP contribution is 2.24. The van der Waals surface area contributed by atoms with Crippen LogP contribution in [-0.4, -0.2) is 9.97 Å². The molecule has 2 rings (SSSR count). The molecule has 2 aromatic rings. The molecule has 0 bridgehead atoms. The van der Waals surface area contributed by atoms with Gasteiger partial charge in [-0.15, -0.1) is 11.3 Å². The Morgan fingerprint density at radius 2 is 2.33 bits per heavy atom. The van der Waals surface area contributed by atoms with Gasteiger partial charge in [-0.3, -0.25) is 4.98 Å². The molecule has 0 aliphatic rings. The van der Waals surface area contributed by atoms with Gasteiger partial charge >= 0.3 is 0 Å². The van der Waals surface area contributed by atoms with Gasteiger partial charge in [0.2, 0.25) is 0 Å². The Morgan fingerprint density at radius 3 is 3.00 bits per heavy atom. The Morgan fingerprint density at radius 1 is 1.47 bits per heavy atom. The lowest BCUT2D eigenvalue weighted by molar-refractivity contribution is 1.01. The molecule has 0 radical (unpaired) electrons. The highest BCUT2D eigenvalue weighted by Gasteiger charge is 2.08. The molecule has 0 saturated heterocycles. The lowest BCUT2D eigenvalue weighted by atomic mass is 10.1. The fourth-order valence-electron chi connectivity index (χ4n) is 1.43. The highest BCUT2D eigenvalue weighted by molar-refractivity contribution is 7.13. The molecule has 2 heterocycles. The molecule has 0 spiro atoms. The number of pyridine rings is 1. The second-order valence-electron chi connectivity index (χ2n) is 3.21. The normalized spacial score (nSPS) is 10.5. The van der Waals surface area contributed by atoms with Gasteiger partial charge < -0.3 is 5.73 Å². The quantitative estimate of drug-likeness (QED) is 0.861. The molecule has 2 N–H and O–H groups in total. The second-order valence-corrected chi connectivity index (χ2v) is 4.07. The van der Waals surface area contributed by atoms with Crippen LogP contribution in [-0.2, 0) is 13.0 Å². The summed E-state index contributed by atoms with van der Waals surface area (Å²) in [5, 5.41) is 2.96. The summed E-state index contributed by atoms with van der Waals surface area (Å²) in [6, 6.07) is 4.05. The fraction of sp³-hybridized carbons (Fsp3) is 0.273. The summed E-state index contributed by atoms with van der Waals surface area (Å²) >= 11 is 1.60. The zero-order chi connectivity index (χ0) is 10.7. The minimum Gasteiger partial charge on any atom is -0.325 e. The Kier molecular flexibility index (Phi) is 3.08. The largest absolute Gasteiger partial charge is 0.325 e. The van der Waals surface area contributed by atoms with Crippen LogP contribution in [0, 0.1) is 0 Å². The molecule has 2 aromatic heterocycles. The van der Waals surface area contributed by atoms with E-state index in [0.717, 1.165) is 22.8 Å². The van der Waals surface area contributed by atoms with Crippen molar-refractivity contribution < 1.29 is 0 Å². The van der Waals surface area contributed by atoms with Crippen LogP contribution in [0.5, 0.6) is 0 Å². The molecule has 0 aromatic carbocycles. The van der Waals surface area contributed by atoms with E-state index in [2.05, 4.69) is 23.0 Å². The van der Waals surface area contributed by atoms with Gasteiger partial charge in [-0.05, 0) is 18.1 Å². The number of aromatic nitrogens is 2. The SMILES string of the molecule is CCc1cccnc1-c1nc(CN)cs1. The summed E-state index contributed by atoms with van der Waals surface area (Å²) in [4.78, 5) is 8.81. The van der Waals surface area contributed by atoms with Gasteiger partial charge in [0.1, 0.15) is 10.7 Å². The van der Waals surface area contributed by atoms with E-state index in [0.29, 0.717) is 6.54 Å². The van der Waals surface area contributed by atoms with E-state index in [4.69, 9.17) is 5.73 Å². The van der Waals surface area contributed by atoms with Crippen LogP contribution >= 0.6 is 11.3 Å². The van der Waals surface area contributed by atoms with Crippen molar-refractivity contribution >= 4 is 11.3 Å². The number of hydrogen-bond donors (Lipinski definition) is 1. The van der Waals surface area contributed by atoms with Crippen molar-refractivity contribution in [3.8, 4) is 10.7 Å². The number of nitrogens with two attached hydrogens (primary N) is 1. The maximum Gasteiger partial charge on any atom is 0.142 e. The first-order valence-corrected chi connectivity index (χ1v) is 5.81. The second kappa shape index (κ2) is 4.51. The van der Waals surface area contributed by atoms with Crippen molar-refractivity contribution in [2.75, 3.05) is 0 Å². The van der Waals surface area contributed by atoms with Crippen LogP contribution < -0.4 is 5.73 Å². The molecule has 0 aliphatic carbocycles. The van der Waals surface area contributed by atoms with Crippen LogP contribution in [0.15, 0.2) is 23.7 Å². The van der Waals surface area contributed by atoms with Crippen LogP contribution in [0.1, 0.15) is 18.2 Å². The summed E-state index contributed by atoms with van der Waals surface area (Å²) in [5.41, 5.74) is 8.69. The van der Waals surface area contributed by atoms with Gasteiger partial charge in [0.05, 0.1) is 5.69 Å². The molecule has 4 heteroatoms. The van der Waals surface area contributed by atoms with E-state index in [9.17, 15) is 0 Å². The molecule has 3 nitrogen and oxygen atoms in total. The van der Waals surface area contributed by atoms with Crippen molar-refractivity contribution in [3.63, 3.8) is 0 Å². The minimum atomic E-state index is 0.491. The van der Waals surface area contributed by atoms with Crippen LogP contribution in [0.4, 0.5) is 0 Å². The van der Waals surface area contributed by atoms with Gasteiger partial charge in [0, 0.05) is 18.1 Å². The van der Waals surface area contributed by atoms with Crippen LogP contribution in [0.3, 0.4) is 0 Å². The minimum absolute atomic E-state index is 0.491. The summed E-state index contributed by atoms with van der Waals surface area (Å²) in [5.74, 6) is 0. The third kappa shape index (κ3) is 2.06. The van der Waals surface area contributed by atoms with Gasteiger partial charge in [-0.2, -0.15) is 0 Å². The first-order valence-electron chi connectivity index (χ1n) is 4.94. The zero-order valence-corrected chi connectivity index (χ0v) is 9.42. The number of hydrogen-bond acceptors (Lipinski definition) is 4. The van der Waals surface area contributed by atoms with Crippen molar-refractivity contribution in [2.45, 2.75) is 19.9 Å². The molecule has 15 heavy (non-hydrogen) atoms. The Bertz CT molecular complexity index is 451. The van der Waals surface area contributed by atoms with E-state index in [-0.39, 0.29) is 0 Å². The van der Waals surface area contributed by atoms with E-state index >= 15 is 0 Å². The van der Waals surface area contributed by atoms with Gasteiger partial charge in [-0.1, -0.05) is 13.0 Å². The van der Waals surface area contributed by atoms with Gasteiger partial charge in [0.15, 0.2) is 0 Å². The predicted octanol–water partition coefficient (Wildman–Crippen LogP) is 2.23. The lowest BCUT2D eigenvalue weighted by Crippen LogP contribution is -1.96. The standard InChI is InChI=1S/C11H13N3S/c1-2-8-4-3-5-13-10(8)11-14-9(6-12)7-15-11/h3-5,7H,2,6,12H2,1H3. The van der Waals surface area contributed by atoms with Gasteiger partial charge in [-0.25, -0.2) is 4.98 Å². The van der Waals surface area contributed by atoms with Crippen LogP contribution in [0.25, 0.3) is 10.7 Å². The summed E-state index contributed by atoms with van der Waals surface area (Å²) < 4.78 is 0. The number of aryl methyl sites for hydroxylation is 1. The first kappa shape index (κ1) is 10.3. The van der Waals surface area contributed by atoms with Crippen molar-refractivity contribution in [3.05, 3.63) is 35.0 Å². The molecular weight excluding hydrogens is 206 g/mol. The average Bonchev–Trinajstić information content (AvgIpc) is 2.77. The third-order valence-corrected chi connectivity index (χ3v) is 3.13. The van der Waals surface area contributed by atoms with E-state index in [1.165, 1.54) is 5.56 Å². The maximum absolute atomic E-state index is 5.54. The number of rotatable bonds is 3. The smallest absolute Gasteiger partial charge is 0.142 e. The van der Waals surface area contributed by atoms with Crippen molar-refractivity contribution in [2.24, 2.45) is 5.73 Å². The molecule has 0 saturated carbocycles. The summed E-state index contributed by atoms with van der Waals surface area (Å²) in [6.45, 7) is 2.61. The molecular formula is C11H13N3S. The Hall–Kier alpha value is -1.26. The fourth-order valence-corrected chi connectivity index (χ4v) is 2.29. The van der Waals surface area contributed by atoms with Crippen molar-refractivity contribution in [1.29, 1.82) is 0 Å². The first-order chi connectivity index (χ1) is 7.35. The number of thiazole rings is 1. The highest BCUT2D eigenvalue weighted by atomic mass is 32.1. The van der Waals surface area contributed by atoms with Crippen LogP contribution in [0.2, 0.25) is 0 Å². The van der Waals surface area contributed by atoms with E-state index in [1.54, 1.807) is 17.5 Å². The van der Waals surface area contributed by atoms with E-state index < -0.39 is 0 Å².